The van der Waals surface area contributed by atoms with Gasteiger partial charge in [-0.25, -0.2) is 12.7 Å². The van der Waals surface area contributed by atoms with Gasteiger partial charge in [-0.1, -0.05) is 11.3 Å². The Bertz CT molecular complexity index is 1330. The zero-order chi connectivity index (χ0) is 22.2. The van der Waals surface area contributed by atoms with Crippen LogP contribution in [-0.4, -0.2) is 65.8 Å². The van der Waals surface area contributed by atoms with Crippen LogP contribution >= 0.6 is 11.3 Å². The van der Waals surface area contributed by atoms with E-state index in [1.54, 1.807) is 23.0 Å². The molecule has 0 bridgehead atoms. The summed E-state index contributed by atoms with van der Waals surface area (Å²) in [6.45, 7) is 0. The van der Waals surface area contributed by atoms with Crippen LogP contribution in [0.1, 0.15) is 11.4 Å². The van der Waals surface area contributed by atoms with Crippen LogP contribution in [0.5, 0.6) is 11.5 Å². The first kappa shape index (κ1) is 21.2. The largest absolute Gasteiger partial charge is 0.493 e. The standard InChI is InChI=1S/C19H20N6O4S2/c1-24(2)31(26,27)16-11-15(29-4)14(28-3)9-13(16)10-17-21-22-19-25(17)23-18(30-19)12-5-7-20-8-6-12/h5-9,11H,10H2,1-4H3. The first-order valence-electron chi connectivity index (χ1n) is 9.14. The molecular formula is C19H20N6O4S2. The third kappa shape index (κ3) is 3.84. The lowest BCUT2D eigenvalue weighted by Crippen LogP contribution is -2.23. The molecule has 0 unspecified atom stereocenters. The van der Waals surface area contributed by atoms with Crippen molar-refractivity contribution in [2.45, 2.75) is 11.3 Å². The van der Waals surface area contributed by atoms with Crippen LogP contribution in [0.2, 0.25) is 0 Å². The fourth-order valence-electron chi connectivity index (χ4n) is 3.03. The Kier molecular flexibility index (Phi) is 5.60. The summed E-state index contributed by atoms with van der Waals surface area (Å²) >= 11 is 1.39. The van der Waals surface area contributed by atoms with Gasteiger partial charge in [-0.3, -0.25) is 4.98 Å². The Balaban J connectivity index is 1.82. The zero-order valence-corrected chi connectivity index (χ0v) is 18.9. The van der Waals surface area contributed by atoms with Crippen LogP contribution in [0, 0.1) is 0 Å². The van der Waals surface area contributed by atoms with Gasteiger partial charge in [0.15, 0.2) is 17.3 Å². The summed E-state index contributed by atoms with van der Waals surface area (Å²) in [5, 5.41) is 13.8. The molecule has 0 aliphatic rings. The quantitative estimate of drug-likeness (QED) is 0.412. The summed E-state index contributed by atoms with van der Waals surface area (Å²) < 4.78 is 39.4. The van der Waals surface area contributed by atoms with Gasteiger partial charge in [-0.2, -0.15) is 9.61 Å². The van der Waals surface area contributed by atoms with Gasteiger partial charge in [0.2, 0.25) is 15.0 Å². The van der Waals surface area contributed by atoms with Gasteiger partial charge in [-0.05, 0) is 23.8 Å². The van der Waals surface area contributed by atoms with Crippen LogP contribution < -0.4 is 9.47 Å². The van der Waals surface area contributed by atoms with Crippen molar-refractivity contribution >= 4 is 26.3 Å². The van der Waals surface area contributed by atoms with Gasteiger partial charge in [0.25, 0.3) is 0 Å². The van der Waals surface area contributed by atoms with Crippen molar-refractivity contribution in [2.75, 3.05) is 28.3 Å². The molecule has 0 saturated carbocycles. The van der Waals surface area contributed by atoms with Crippen molar-refractivity contribution < 1.29 is 17.9 Å². The minimum Gasteiger partial charge on any atom is -0.493 e. The molecule has 3 aromatic heterocycles. The van der Waals surface area contributed by atoms with E-state index in [2.05, 4.69) is 20.3 Å². The second kappa shape index (κ2) is 8.21. The summed E-state index contributed by atoms with van der Waals surface area (Å²) in [6.07, 6.45) is 3.57. The molecule has 0 spiro atoms. The minimum atomic E-state index is -3.74. The highest BCUT2D eigenvalue weighted by molar-refractivity contribution is 7.89. The van der Waals surface area contributed by atoms with E-state index in [4.69, 9.17) is 9.47 Å². The Morgan fingerprint density at radius 2 is 1.74 bits per heavy atom. The Morgan fingerprint density at radius 1 is 1.06 bits per heavy atom. The fraction of sp³-hybridized carbons (Fsp3) is 0.263. The van der Waals surface area contributed by atoms with Crippen LogP contribution in [0.4, 0.5) is 0 Å². The minimum absolute atomic E-state index is 0.108. The molecular weight excluding hydrogens is 440 g/mol. The predicted molar refractivity (Wildman–Crippen MR) is 115 cm³/mol. The Hall–Kier alpha value is -3.09. The highest BCUT2D eigenvalue weighted by Gasteiger charge is 2.26. The molecule has 0 atom stereocenters. The normalized spacial score (nSPS) is 11.9. The molecule has 4 rings (SSSR count). The predicted octanol–water partition coefficient (Wildman–Crippen LogP) is 2.11. The summed E-state index contributed by atoms with van der Waals surface area (Å²) in [7, 11) is 2.17. The number of hydrogen-bond acceptors (Lipinski definition) is 9. The average Bonchev–Trinajstić information content (AvgIpc) is 3.35. The van der Waals surface area contributed by atoms with Gasteiger partial charge in [0.1, 0.15) is 5.01 Å². The van der Waals surface area contributed by atoms with Crippen molar-refractivity contribution in [1.82, 2.24) is 29.1 Å². The maximum atomic E-state index is 13.0. The van der Waals surface area contributed by atoms with Gasteiger partial charge >= 0.3 is 0 Å². The van der Waals surface area contributed by atoms with Crippen molar-refractivity contribution in [3.63, 3.8) is 0 Å². The zero-order valence-electron chi connectivity index (χ0n) is 17.3. The average molecular weight is 461 g/mol. The Labute approximate surface area is 183 Å². The van der Waals surface area contributed by atoms with Crippen LogP contribution in [0.15, 0.2) is 41.6 Å². The number of pyridine rings is 1. The fourth-order valence-corrected chi connectivity index (χ4v) is 5.00. The van der Waals surface area contributed by atoms with E-state index in [0.717, 1.165) is 14.9 Å². The van der Waals surface area contributed by atoms with E-state index in [1.807, 2.05) is 12.1 Å². The van der Waals surface area contributed by atoms with Gasteiger partial charge in [0.05, 0.1) is 19.1 Å². The highest BCUT2D eigenvalue weighted by atomic mass is 32.2. The van der Waals surface area contributed by atoms with Crippen LogP contribution in [-0.2, 0) is 16.4 Å². The van der Waals surface area contributed by atoms with Gasteiger partial charge < -0.3 is 9.47 Å². The van der Waals surface area contributed by atoms with E-state index >= 15 is 0 Å². The number of aromatic nitrogens is 5. The van der Waals surface area contributed by atoms with E-state index < -0.39 is 10.0 Å². The monoisotopic (exact) mass is 460 g/mol. The number of hydrogen-bond donors (Lipinski definition) is 0. The van der Waals surface area contributed by atoms with Crippen molar-refractivity contribution in [1.29, 1.82) is 0 Å². The number of sulfonamides is 1. The van der Waals surface area contributed by atoms with Crippen LogP contribution in [0.25, 0.3) is 15.5 Å². The molecule has 162 valence electrons. The molecule has 31 heavy (non-hydrogen) atoms. The smallest absolute Gasteiger partial charge is 0.242 e. The van der Waals surface area contributed by atoms with Crippen molar-refractivity contribution in [2.24, 2.45) is 0 Å². The number of fused-ring (bicyclic) bond motifs is 1. The third-order valence-electron chi connectivity index (χ3n) is 4.66. The molecule has 0 saturated heterocycles. The van der Waals surface area contributed by atoms with E-state index in [0.29, 0.717) is 27.8 Å². The van der Waals surface area contributed by atoms with Crippen molar-refractivity contribution in [3.05, 3.63) is 48.0 Å². The van der Waals surface area contributed by atoms with Gasteiger partial charge in [0, 0.05) is 44.5 Å². The van der Waals surface area contributed by atoms with E-state index in [9.17, 15) is 8.42 Å². The summed E-state index contributed by atoms with van der Waals surface area (Å²) in [6, 6.07) is 6.83. The molecule has 0 N–H and O–H groups in total. The second-order valence-electron chi connectivity index (χ2n) is 6.73. The highest BCUT2D eigenvalue weighted by Crippen LogP contribution is 2.35. The number of methoxy groups -OCH3 is 2. The molecule has 4 aromatic rings. The maximum absolute atomic E-state index is 13.0. The van der Waals surface area contributed by atoms with Crippen LogP contribution in [0.3, 0.4) is 0 Å². The number of ether oxygens (including phenoxy) is 2. The maximum Gasteiger partial charge on any atom is 0.242 e. The lowest BCUT2D eigenvalue weighted by Gasteiger charge is -2.17. The molecule has 0 aliphatic heterocycles. The van der Waals surface area contributed by atoms with E-state index in [1.165, 1.54) is 45.7 Å². The first-order chi connectivity index (χ1) is 14.8. The number of nitrogens with zero attached hydrogens (tertiary/aromatic N) is 6. The molecule has 10 nitrogen and oxygen atoms in total. The molecule has 0 amide bonds. The Morgan fingerprint density at radius 3 is 2.39 bits per heavy atom. The lowest BCUT2D eigenvalue weighted by atomic mass is 10.1. The lowest BCUT2D eigenvalue weighted by molar-refractivity contribution is 0.353. The molecule has 12 heteroatoms. The molecule has 0 aliphatic carbocycles. The molecule has 0 radical (unpaired) electrons. The number of benzene rings is 1. The molecule has 0 fully saturated rings. The topological polar surface area (TPSA) is 112 Å². The summed E-state index contributed by atoms with van der Waals surface area (Å²) in [5.41, 5.74) is 1.41. The second-order valence-corrected chi connectivity index (χ2v) is 9.81. The molecule has 3 heterocycles. The summed E-state index contributed by atoms with van der Waals surface area (Å²) in [4.78, 5) is 4.74. The van der Waals surface area contributed by atoms with E-state index in [-0.39, 0.29) is 11.3 Å². The first-order valence-corrected chi connectivity index (χ1v) is 11.4. The van der Waals surface area contributed by atoms with Crippen molar-refractivity contribution in [3.8, 4) is 22.1 Å². The number of rotatable bonds is 7. The van der Waals surface area contributed by atoms with Gasteiger partial charge in [-0.15, -0.1) is 10.2 Å². The summed E-state index contributed by atoms with van der Waals surface area (Å²) in [5.74, 6) is 1.26. The molecule has 1 aromatic carbocycles. The third-order valence-corrected chi connectivity index (χ3v) is 7.50. The SMILES string of the molecule is COc1cc(Cc2nnc3sc(-c4ccncc4)nn23)c(S(=O)(=O)N(C)C)cc1OC.